The summed E-state index contributed by atoms with van der Waals surface area (Å²) in [7, 11) is 0. The van der Waals surface area contributed by atoms with Gasteiger partial charge in [0.25, 0.3) is 0 Å². The van der Waals surface area contributed by atoms with E-state index in [9.17, 15) is 5.11 Å². The molecule has 1 N–H and O–H groups in total. The van der Waals surface area contributed by atoms with Crippen LogP contribution in [0.4, 0.5) is 0 Å². The van der Waals surface area contributed by atoms with Crippen molar-refractivity contribution in [1.82, 2.24) is 4.98 Å². The molecule has 0 fully saturated rings. The molecule has 0 spiro atoms. The summed E-state index contributed by atoms with van der Waals surface area (Å²) in [6.45, 7) is 2.10. The van der Waals surface area contributed by atoms with E-state index in [2.05, 4.69) is 11.9 Å². The normalized spacial score (nSPS) is 10.6. The van der Waals surface area contributed by atoms with Crippen LogP contribution in [0.2, 0.25) is 0 Å². The van der Waals surface area contributed by atoms with Gasteiger partial charge in [0.2, 0.25) is 0 Å². The number of aromatic hydroxyl groups is 1. The zero-order valence-corrected chi connectivity index (χ0v) is 12.3. The standard InChI is InChI=1S/C18H17NO3/c1-2-3-18-19-17(12-21-18)13-4-8-15(9-5-13)22-16-10-6-14(20)7-11-16/h4-12,20H,2-3H2,1H3. The first-order chi connectivity index (χ1) is 10.7. The van der Waals surface area contributed by atoms with Gasteiger partial charge in [-0.15, -0.1) is 0 Å². The minimum atomic E-state index is 0.219. The maximum Gasteiger partial charge on any atom is 0.194 e. The number of phenolic OH excluding ortho intramolecular Hbond substituents is 1. The van der Waals surface area contributed by atoms with Crippen molar-refractivity contribution in [3.63, 3.8) is 0 Å². The van der Waals surface area contributed by atoms with E-state index >= 15 is 0 Å². The Balaban J connectivity index is 1.72. The summed E-state index contributed by atoms with van der Waals surface area (Å²) < 4.78 is 11.1. The summed E-state index contributed by atoms with van der Waals surface area (Å²) in [5.41, 5.74) is 1.82. The molecule has 4 nitrogen and oxygen atoms in total. The van der Waals surface area contributed by atoms with Crippen molar-refractivity contribution in [3.05, 3.63) is 60.7 Å². The molecule has 0 atom stereocenters. The van der Waals surface area contributed by atoms with Crippen LogP contribution in [-0.4, -0.2) is 10.1 Å². The van der Waals surface area contributed by atoms with E-state index in [1.165, 1.54) is 0 Å². The Morgan fingerprint density at radius 2 is 1.64 bits per heavy atom. The summed E-state index contributed by atoms with van der Waals surface area (Å²) in [6.07, 6.45) is 3.54. The number of oxazole rings is 1. The highest BCUT2D eigenvalue weighted by atomic mass is 16.5. The first-order valence-electron chi connectivity index (χ1n) is 7.26. The molecule has 0 saturated carbocycles. The molecule has 3 rings (SSSR count). The summed E-state index contributed by atoms with van der Waals surface area (Å²) in [6, 6.07) is 14.3. The van der Waals surface area contributed by atoms with Gasteiger partial charge in [0.05, 0.1) is 0 Å². The van der Waals surface area contributed by atoms with Crippen LogP contribution in [0, 0.1) is 0 Å². The minimum Gasteiger partial charge on any atom is -0.508 e. The maximum absolute atomic E-state index is 9.25. The summed E-state index contributed by atoms with van der Waals surface area (Å²) >= 11 is 0. The fourth-order valence-corrected chi connectivity index (χ4v) is 2.12. The number of benzene rings is 2. The molecule has 2 aromatic carbocycles. The highest BCUT2D eigenvalue weighted by molar-refractivity contribution is 5.59. The number of phenols is 1. The summed E-state index contributed by atoms with van der Waals surface area (Å²) in [5, 5.41) is 9.25. The summed E-state index contributed by atoms with van der Waals surface area (Å²) in [5.74, 6) is 2.39. The second-order valence-corrected chi connectivity index (χ2v) is 5.00. The third-order valence-corrected chi connectivity index (χ3v) is 3.24. The lowest BCUT2D eigenvalue weighted by Crippen LogP contribution is -1.85. The molecule has 0 bridgehead atoms. The third-order valence-electron chi connectivity index (χ3n) is 3.24. The van der Waals surface area contributed by atoms with E-state index in [0.29, 0.717) is 5.75 Å². The van der Waals surface area contributed by atoms with Gasteiger partial charge < -0.3 is 14.3 Å². The van der Waals surface area contributed by atoms with Crippen LogP contribution in [0.3, 0.4) is 0 Å². The number of aromatic nitrogens is 1. The van der Waals surface area contributed by atoms with Gasteiger partial charge in [0.15, 0.2) is 5.89 Å². The molecule has 3 aromatic rings. The lowest BCUT2D eigenvalue weighted by molar-refractivity contribution is 0.464. The predicted octanol–water partition coefficient (Wildman–Crippen LogP) is 4.79. The van der Waals surface area contributed by atoms with Crippen molar-refractivity contribution in [2.75, 3.05) is 0 Å². The lowest BCUT2D eigenvalue weighted by Gasteiger charge is -2.06. The molecule has 0 unspecified atom stereocenters. The Kier molecular flexibility index (Phi) is 4.10. The molecule has 1 heterocycles. The van der Waals surface area contributed by atoms with Crippen LogP contribution in [-0.2, 0) is 6.42 Å². The highest BCUT2D eigenvalue weighted by Gasteiger charge is 2.06. The molecule has 22 heavy (non-hydrogen) atoms. The molecule has 1 aromatic heterocycles. The zero-order valence-electron chi connectivity index (χ0n) is 12.3. The van der Waals surface area contributed by atoms with E-state index in [0.717, 1.165) is 35.7 Å². The van der Waals surface area contributed by atoms with Crippen molar-refractivity contribution < 1.29 is 14.3 Å². The zero-order chi connectivity index (χ0) is 15.4. The van der Waals surface area contributed by atoms with Crippen molar-refractivity contribution in [2.24, 2.45) is 0 Å². The van der Waals surface area contributed by atoms with Gasteiger partial charge in [-0.05, 0) is 55.0 Å². The topological polar surface area (TPSA) is 55.5 Å². The SMILES string of the molecule is CCCc1nc(-c2ccc(Oc3ccc(O)cc3)cc2)co1. The average Bonchev–Trinajstić information content (AvgIpc) is 2.99. The van der Waals surface area contributed by atoms with Crippen molar-refractivity contribution in [3.8, 4) is 28.5 Å². The molecular weight excluding hydrogens is 278 g/mol. The minimum absolute atomic E-state index is 0.219. The van der Waals surface area contributed by atoms with Crippen LogP contribution in [0.1, 0.15) is 19.2 Å². The van der Waals surface area contributed by atoms with E-state index in [1.807, 2.05) is 24.3 Å². The Hall–Kier alpha value is -2.75. The number of nitrogens with zero attached hydrogens (tertiary/aromatic N) is 1. The number of hydrogen-bond donors (Lipinski definition) is 1. The van der Waals surface area contributed by atoms with Crippen molar-refractivity contribution in [1.29, 1.82) is 0 Å². The number of hydrogen-bond acceptors (Lipinski definition) is 4. The first kappa shape index (κ1) is 14.2. The lowest BCUT2D eigenvalue weighted by atomic mass is 10.1. The quantitative estimate of drug-likeness (QED) is 0.735. The van der Waals surface area contributed by atoms with Crippen LogP contribution in [0.25, 0.3) is 11.3 Å². The Labute approximate surface area is 129 Å². The largest absolute Gasteiger partial charge is 0.508 e. The van der Waals surface area contributed by atoms with Crippen LogP contribution in [0.15, 0.2) is 59.2 Å². The van der Waals surface area contributed by atoms with Gasteiger partial charge in [-0.1, -0.05) is 6.92 Å². The van der Waals surface area contributed by atoms with Gasteiger partial charge in [-0.3, -0.25) is 0 Å². The van der Waals surface area contributed by atoms with E-state index in [4.69, 9.17) is 9.15 Å². The van der Waals surface area contributed by atoms with Gasteiger partial charge >= 0.3 is 0 Å². The first-order valence-corrected chi connectivity index (χ1v) is 7.26. The van der Waals surface area contributed by atoms with Crippen molar-refractivity contribution in [2.45, 2.75) is 19.8 Å². The second kappa shape index (κ2) is 6.35. The fourth-order valence-electron chi connectivity index (χ4n) is 2.12. The maximum atomic E-state index is 9.25. The average molecular weight is 295 g/mol. The summed E-state index contributed by atoms with van der Waals surface area (Å²) in [4.78, 5) is 4.46. The molecule has 0 saturated heterocycles. The molecule has 0 radical (unpaired) electrons. The van der Waals surface area contributed by atoms with Crippen molar-refractivity contribution >= 4 is 0 Å². The Bertz CT molecular complexity index is 730. The third kappa shape index (κ3) is 3.28. The molecule has 0 amide bonds. The second-order valence-electron chi connectivity index (χ2n) is 5.00. The molecule has 0 aliphatic carbocycles. The number of aryl methyl sites for hydroxylation is 1. The van der Waals surface area contributed by atoms with E-state index in [-0.39, 0.29) is 5.75 Å². The van der Waals surface area contributed by atoms with Gasteiger partial charge in [0, 0.05) is 12.0 Å². The van der Waals surface area contributed by atoms with Crippen LogP contribution >= 0.6 is 0 Å². The Morgan fingerprint density at radius 3 is 2.27 bits per heavy atom. The molecular formula is C18H17NO3. The van der Waals surface area contributed by atoms with Gasteiger partial charge in [0.1, 0.15) is 29.2 Å². The smallest absolute Gasteiger partial charge is 0.194 e. The monoisotopic (exact) mass is 295 g/mol. The van der Waals surface area contributed by atoms with Gasteiger partial charge in [-0.2, -0.15) is 0 Å². The van der Waals surface area contributed by atoms with E-state index in [1.54, 1.807) is 30.5 Å². The van der Waals surface area contributed by atoms with Crippen LogP contribution in [0.5, 0.6) is 17.2 Å². The number of ether oxygens (including phenoxy) is 1. The highest BCUT2D eigenvalue weighted by Crippen LogP contribution is 2.26. The van der Waals surface area contributed by atoms with E-state index < -0.39 is 0 Å². The molecule has 4 heteroatoms. The molecule has 0 aliphatic heterocycles. The fraction of sp³-hybridized carbons (Fsp3) is 0.167. The molecule has 112 valence electrons. The van der Waals surface area contributed by atoms with Crippen LogP contribution < -0.4 is 4.74 Å². The Morgan fingerprint density at radius 1 is 1.00 bits per heavy atom. The van der Waals surface area contributed by atoms with Gasteiger partial charge in [-0.25, -0.2) is 4.98 Å². The molecule has 0 aliphatic rings. The number of rotatable bonds is 5. The predicted molar refractivity (Wildman–Crippen MR) is 84.1 cm³/mol.